The number of amides is 1. The lowest BCUT2D eigenvalue weighted by molar-refractivity contribution is 0.0761. The van der Waals surface area contributed by atoms with Crippen molar-refractivity contribution in [2.24, 2.45) is 0 Å². The largest absolute Gasteiger partial charge is 0.337 e. The van der Waals surface area contributed by atoms with Crippen molar-refractivity contribution >= 4 is 17.0 Å². The van der Waals surface area contributed by atoms with Crippen LogP contribution in [0.3, 0.4) is 0 Å². The van der Waals surface area contributed by atoms with E-state index in [1.807, 2.05) is 21.8 Å². The Bertz CT molecular complexity index is 992. The smallest absolute Gasteiger partial charge is 0.257 e. The van der Waals surface area contributed by atoms with Crippen molar-refractivity contribution in [3.05, 3.63) is 41.5 Å². The van der Waals surface area contributed by atoms with E-state index in [1.165, 1.54) is 5.56 Å². The SMILES string of the molecule is CCn1cc(CN2CCCN(C(=O)c3cnc4onc(C(C)C)c4c3)CC2)cn1. The molecule has 29 heavy (non-hydrogen) atoms. The molecule has 0 aliphatic carbocycles. The summed E-state index contributed by atoms with van der Waals surface area (Å²) < 4.78 is 7.24. The highest BCUT2D eigenvalue weighted by Gasteiger charge is 2.22. The summed E-state index contributed by atoms with van der Waals surface area (Å²) in [6, 6.07) is 1.87. The Morgan fingerprint density at radius 3 is 2.83 bits per heavy atom. The highest BCUT2D eigenvalue weighted by Crippen LogP contribution is 2.24. The molecule has 0 atom stereocenters. The quantitative estimate of drug-likeness (QED) is 0.660. The number of hydrogen-bond acceptors (Lipinski definition) is 6. The van der Waals surface area contributed by atoms with E-state index in [0.717, 1.165) is 50.2 Å². The molecular weight excluding hydrogens is 368 g/mol. The van der Waals surface area contributed by atoms with Crippen LogP contribution >= 0.6 is 0 Å². The first-order valence-corrected chi connectivity index (χ1v) is 10.3. The molecule has 154 valence electrons. The summed E-state index contributed by atoms with van der Waals surface area (Å²) >= 11 is 0. The molecule has 4 rings (SSSR count). The summed E-state index contributed by atoms with van der Waals surface area (Å²) in [5.74, 6) is 0.239. The van der Waals surface area contributed by atoms with Gasteiger partial charge in [-0.25, -0.2) is 4.98 Å². The molecule has 0 bridgehead atoms. The van der Waals surface area contributed by atoms with Crippen molar-refractivity contribution in [2.45, 2.75) is 46.2 Å². The average molecular weight is 396 g/mol. The van der Waals surface area contributed by atoms with E-state index >= 15 is 0 Å². The van der Waals surface area contributed by atoms with Crippen LogP contribution in [0, 0.1) is 0 Å². The minimum atomic E-state index is 0.0240. The predicted molar refractivity (Wildman–Crippen MR) is 110 cm³/mol. The van der Waals surface area contributed by atoms with Crippen LogP contribution in [0.25, 0.3) is 11.1 Å². The third-order valence-corrected chi connectivity index (χ3v) is 5.44. The van der Waals surface area contributed by atoms with Gasteiger partial charge >= 0.3 is 0 Å². The van der Waals surface area contributed by atoms with Crippen LogP contribution in [0.5, 0.6) is 0 Å². The summed E-state index contributed by atoms with van der Waals surface area (Å²) in [6.45, 7) is 11.2. The lowest BCUT2D eigenvalue weighted by Gasteiger charge is -2.21. The second-order valence-electron chi connectivity index (χ2n) is 7.93. The van der Waals surface area contributed by atoms with Crippen LogP contribution in [-0.2, 0) is 13.1 Å². The second-order valence-corrected chi connectivity index (χ2v) is 7.93. The third-order valence-electron chi connectivity index (χ3n) is 5.44. The summed E-state index contributed by atoms with van der Waals surface area (Å²) in [5, 5.41) is 9.29. The van der Waals surface area contributed by atoms with Gasteiger partial charge < -0.3 is 9.42 Å². The van der Waals surface area contributed by atoms with Gasteiger partial charge in [0, 0.05) is 57.2 Å². The Morgan fingerprint density at radius 1 is 1.21 bits per heavy atom. The zero-order chi connectivity index (χ0) is 20.4. The lowest BCUT2D eigenvalue weighted by Crippen LogP contribution is -2.35. The van der Waals surface area contributed by atoms with Crippen LogP contribution in [-0.4, -0.2) is 61.8 Å². The molecule has 3 aromatic heterocycles. The van der Waals surface area contributed by atoms with Crippen LogP contribution in [0.4, 0.5) is 0 Å². The molecule has 1 aliphatic rings. The Hall–Kier alpha value is -2.74. The van der Waals surface area contributed by atoms with Crippen LogP contribution in [0.2, 0.25) is 0 Å². The molecule has 1 saturated heterocycles. The van der Waals surface area contributed by atoms with E-state index in [9.17, 15) is 4.79 Å². The Labute approximate surface area is 170 Å². The Balaban J connectivity index is 1.44. The molecule has 8 nitrogen and oxygen atoms in total. The van der Waals surface area contributed by atoms with Gasteiger partial charge in [0.1, 0.15) is 0 Å². The van der Waals surface area contributed by atoms with Crippen LogP contribution < -0.4 is 0 Å². The second kappa shape index (κ2) is 8.32. The van der Waals surface area contributed by atoms with Gasteiger partial charge in [-0.15, -0.1) is 0 Å². The summed E-state index contributed by atoms with van der Waals surface area (Å²) in [6.07, 6.45) is 6.58. The van der Waals surface area contributed by atoms with Gasteiger partial charge in [-0.05, 0) is 25.3 Å². The number of fused-ring (bicyclic) bond motifs is 1. The number of aromatic nitrogens is 4. The number of hydrogen-bond donors (Lipinski definition) is 0. The number of carbonyl (C=O) groups is 1. The van der Waals surface area contributed by atoms with Crippen molar-refractivity contribution < 1.29 is 9.32 Å². The van der Waals surface area contributed by atoms with Gasteiger partial charge in [0.25, 0.3) is 11.6 Å². The van der Waals surface area contributed by atoms with E-state index in [0.29, 0.717) is 17.8 Å². The lowest BCUT2D eigenvalue weighted by atomic mass is 10.1. The van der Waals surface area contributed by atoms with Crippen molar-refractivity contribution in [2.75, 3.05) is 26.2 Å². The topological polar surface area (TPSA) is 80.3 Å². The molecule has 0 spiro atoms. The van der Waals surface area contributed by atoms with E-state index in [2.05, 4.69) is 47.1 Å². The predicted octanol–water partition coefficient (Wildman–Crippen LogP) is 2.91. The molecule has 8 heteroatoms. The maximum atomic E-state index is 13.1. The van der Waals surface area contributed by atoms with Gasteiger partial charge in [-0.2, -0.15) is 5.10 Å². The summed E-state index contributed by atoms with van der Waals surface area (Å²) in [4.78, 5) is 21.7. The maximum Gasteiger partial charge on any atom is 0.257 e. The number of aryl methyl sites for hydroxylation is 1. The number of nitrogens with zero attached hydrogens (tertiary/aromatic N) is 6. The molecule has 4 heterocycles. The fraction of sp³-hybridized carbons (Fsp3) is 0.524. The van der Waals surface area contributed by atoms with Gasteiger partial charge in [-0.3, -0.25) is 14.4 Å². The molecule has 0 saturated carbocycles. The van der Waals surface area contributed by atoms with E-state index in [-0.39, 0.29) is 11.8 Å². The maximum absolute atomic E-state index is 13.1. The van der Waals surface area contributed by atoms with E-state index in [4.69, 9.17) is 4.52 Å². The number of pyridine rings is 1. The van der Waals surface area contributed by atoms with E-state index < -0.39 is 0 Å². The van der Waals surface area contributed by atoms with Crippen molar-refractivity contribution in [1.82, 2.24) is 29.7 Å². The first-order chi connectivity index (χ1) is 14.0. The molecule has 1 amide bonds. The fourth-order valence-corrected chi connectivity index (χ4v) is 3.82. The molecule has 0 radical (unpaired) electrons. The third kappa shape index (κ3) is 4.17. The van der Waals surface area contributed by atoms with Gasteiger partial charge in [-0.1, -0.05) is 19.0 Å². The monoisotopic (exact) mass is 396 g/mol. The molecular formula is C21H28N6O2. The highest BCUT2D eigenvalue weighted by atomic mass is 16.5. The standard InChI is InChI=1S/C21H28N6O2/c1-4-27-14-16(11-23-27)13-25-6-5-7-26(9-8-25)21(28)17-10-18-19(15(2)3)24-29-20(18)22-12-17/h10-12,14-15H,4-9,13H2,1-3H3. The first kappa shape index (κ1) is 19.6. The molecule has 0 aromatic carbocycles. The van der Waals surface area contributed by atoms with Crippen molar-refractivity contribution in [3.63, 3.8) is 0 Å². The molecule has 1 fully saturated rings. The minimum absolute atomic E-state index is 0.0240. The van der Waals surface area contributed by atoms with E-state index in [1.54, 1.807) is 6.20 Å². The summed E-state index contributed by atoms with van der Waals surface area (Å²) in [5.41, 5.74) is 3.15. The van der Waals surface area contributed by atoms with Crippen LogP contribution in [0.1, 0.15) is 54.7 Å². The van der Waals surface area contributed by atoms with Crippen LogP contribution in [0.15, 0.2) is 29.2 Å². The van der Waals surface area contributed by atoms with Gasteiger partial charge in [0.05, 0.1) is 22.8 Å². The molecule has 0 N–H and O–H groups in total. The minimum Gasteiger partial charge on any atom is -0.337 e. The average Bonchev–Trinajstić information content (AvgIpc) is 3.28. The molecule has 0 unspecified atom stereocenters. The molecule has 1 aliphatic heterocycles. The highest BCUT2D eigenvalue weighted by molar-refractivity contribution is 5.97. The zero-order valence-electron chi connectivity index (χ0n) is 17.3. The number of rotatable bonds is 5. The fourth-order valence-electron chi connectivity index (χ4n) is 3.82. The van der Waals surface area contributed by atoms with Gasteiger partial charge in [0.2, 0.25) is 0 Å². The van der Waals surface area contributed by atoms with Crippen molar-refractivity contribution in [1.29, 1.82) is 0 Å². The van der Waals surface area contributed by atoms with Gasteiger partial charge in [0.15, 0.2) is 0 Å². The zero-order valence-corrected chi connectivity index (χ0v) is 17.3. The summed E-state index contributed by atoms with van der Waals surface area (Å²) in [7, 11) is 0. The van der Waals surface area contributed by atoms with Crippen molar-refractivity contribution in [3.8, 4) is 0 Å². The normalized spacial score (nSPS) is 15.9. The number of carbonyl (C=O) groups excluding carboxylic acids is 1. The first-order valence-electron chi connectivity index (χ1n) is 10.3. The molecule has 3 aromatic rings. The Kier molecular flexibility index (Phi) is 5.62. The Morgan fingerprint density at radius 2 is 2.07 bits per heavy atom.